The zero-order valence-corrected chi connectivity index (χ0v) is 7.85. The molecule has 0 atom stereocenters. The van der Waals surface area contributed by atoms with Crippen molar-refractivity contribution in [1.82, 2.24) is 4.90 Å². The van der Waals surface area contributed by atoms with Crippen molar-refractivity contribution in [3.63, 3.8) is 0 Å². The predicted octanol–water partition coefficient (Wildman–Crippen LogP) is 2.54. The van der Waals surface area contributed by atoms with Crippen molar-refractivity contribution in [1.29, 1.82) is 0 Å². The van der Waals surface area contributed by atoms with E-state index in [1.807, 2.05) is 19.9 Å². The van der Waals surface area contributed by atoms with Gasteiger partial charge in [0.05, 0.1) is 0 Å². The lowest BCUT2D eigenvalue weighted by atomic mass is 10.4. The predicted molar refractivity (Wildman–Crippen MR) is 49.3 cm³/mol. The molecule has 0 saturated carbocycles. The van der Waals surface area contributed by atoms with Crippen LogP contribution in [-0.2, 0) is 0 Å². The fourth-order valence-electron chi connectivity index (χ4n) is 0.470. The van der Waals surface area contributed by atoms with E-state index >= 15 is 0 Å². The maximum absolute atomic E-state index is 3.64. The molecule has 0 amide bonds. The molecule has 0 aliphatic carbocycles. The van der Waals surface area contributed by atoms with E-state index in [0.717, 1.165) is 19.5 Å². The highest BCUT2D eigenvalue weighted by Crippen LogP contribution is 1.84. The molecule has 0 rings (SSSR count). The lowest BCUT2D eigenvalue weighted by Gasteiger charge is -2.10. The molecule has 0 spiro atoms. The molecular formula is C9H21N. The third kappa shape index (κ3) is 10.6. The Morgan fingerprint density at radius 2 is 1.90 bits per heavy atom. The monoisotopic (exact) mass is 143 g/mol. The molecule has 1 nitrogen and oxygen atoms in total. The van der Waals surface area contributed by atoms with Gasteiger partial charge in [0.2, 0.25) is 0 Å². The first-order chi connectivity index (χ1) is 4.81. The van der Waals surface area contributed by atoms with Gasteiger partial charge in [0.1, 0.15) is 0 Å². The summed E-state index contributed by atoms with van der Waals surface area (Å²) in [5.74, 6) is 0. The summed E-state index contributed by atoms with van der Waals surface area (Å²) in [5.41, 5.74) is 0. The van der Waals surface area contributed by atoms with Crippen LogP contribution in [0.4, 0.5) is 0 Å². The van der Waals surface area contributed by atoms with Crippen LogP contribution in [0.25, 0.3) is 0 Å². The number of hydrogen-bond acceptors (Lipinski definition) is 1. The van der Waals surface area contributed by atoms with Crippen molar-refractivity contribution in [2.75, 3.05) is 20.1 Å². The molecule has 1 heteroatoms. The molecule has 0 bridgehead atoms. The van der Waals surface area contributed by atoms with Gasteiger partial charge < -0.3 is 4.90 Å². The van der Waals surface area contributed by atoms with Gasteiger partial charge in [-0.15, -0.1) is 6.58 Å². The molecule has 0 N–H and O–H groups in total. The zero-order valence-electron chi connectivity index (χ0n) is 7.85. The summed E-state index contributed by atoms with van der Waals surface area (Å²) >= 11 is 0. The first-order valence-corrected chi connectivity index (χ1v) is 4.10. The van der Waals surface area contributed by atoms with Crippen molar-refractivity contribution in [2.45, 2.75) is 27.2 Å². The highest BCUT2D eigenvalue weighted by molar-refractivity contribution is 4.67. The lowest BCUT2D eigenvalue weighted by Crippen LogP contribution is -2.17. The van der Waals surface area contributed by atoms with Crippen LogP contribution >= 0.6 is 0 Å². The summed E-state index contributed by atoms with van der Waals surface area (Å²) < 4.78 is 0. The second kappa shape index (κ2) is 11.5. The molecule has 0 fully saturated rings. The van der Waals surface area contributed by atoms with Gasteiger partial charge in [0.15, 0.2) is 0 Å². The van der Waals surface area contributed by atoms with E-state index < -0.39 is 0 Å². The van der Waals surface area contributed by atoms with Crippen LogP contribution in [0.2, 0.25) is 0 Å². The minimum absolute atomic E-state index is 1.10. The first-order valence-electron chi connectivity index (χ1n) is 4.10. The summed E-state index contributed by atoms with van der Waals surface area (Å²) in [6.45, 7) is 12.1. The molecule has 0 radical (unpaired) electrons. The Morgan fingerprint density at radius 3 is 2.20 bits per heavy atom. The third-order valence-electron chi connectivity index (χ3n) is 1.25. The van der Waals surface area contributed by atoms with Gasteiger partial charge in [-0.25, -0.2) is 0 Å². The highest BCUT2D eigenvalue weighted by atomic mass is 15.1. The topological polar surface area (TPSA) is 3.24 Å². The van der Waals surface area contributed by atoms with Crippen molar-refractivity contribution >= 4 is 0 Å². The van der Waals surface area contributed by atoms with Crippen molar-refractivity contribution < 1.29 is 0 Å². The Kier molecular flexibility index (Phi) is 14.2. The molecule has 0 aliphatic rings. The molecule has 10 heavy (non-hydrogen) atoms. The van der Waals surface area contributed by atoms with Gasteiger partial charge in [-0.2, -0.15) is 0 Å². The van der Waals surface area contributed by atoms with E-state index in [1.165, 1.54) is 0 Å². The Morgan fingerprint density at radius 1 is 1.40 bits per heavy atom. The Balaban J connectivity index is 0. The van der Waals surface area contributed by atoms with Crippen molar-refractivity contribution in [3.05, 3.63) is 12.7 Å². The molecule has 0 heterocycles. The van der Waals surface area contributed by atoms with Crippen LogP contribution in [0.3, 0.4) is 0 Å². The summed E-state index contributed by atoms with van der Waals surface area (Å²) in [7, 11) is 2.11. The van der Waals surface area contributed by atoms with Crippen LogP contribution in [0.15, 0.2) is 12.7 Å². The van der Waals surface area contributed by atoms with E-state index in [-0.39, 0.29) is 0 Å². The van der Waals surface area contributed by atoms with Gasteiger partial charge in [-0.05, 0) is 20.0 Å². The summed E-state index contributed by atoms with van der Waals surface area (Å²) in [5, 5.41) is 0. The molecule has 62 valence electrons. The summed E-state index contributed by atoms with van der Waals surface area (Å²) in [6, 6.07) is 0. The second-order valence-electron chi connectivity index (χ2n) is 1.97. The van der Waals surface area contributed by atoms with Gasteiger partial charge >= 0.3 is 0 Å². The van der Waals surface area contributed by atoms with Gasteiger partial charge in [-0.3, -0.25) is 0 Å². The summed E-state index contributed by atoms with van der Waals surface area (Å²) in [6.07, 6.45) is 3.05. The Labute approximate surface area is 65.7 Å². The fourth-order valence-corrected chi connectivity index (χ4v) is 0.470. The molecule has 0 aliphatic heterocycles. The van der Waals surface area contributed by atoms with Gasteiger partial charge in [0, 0.05) is 6.54 Å². The maximum Gasteiger partial charge on any atom is 0.00126 e. The minimum Gasteiger partial charge on any atom is -0.306 e. The quantitative estimate of drug-likeness (QED) is 0.547. The Hall–Kier alpha value is -0.300. The average Bonchev–Trinajstić information content (AvgIpc) is 2.04. The molecule has 0 aromatic carbocycles. The maximum atomic E-state index is 3.64. The first kappa shape index (κ1) is 12.4. The largest absolute Gasteiger partial charge is 0.306 e. The standard InChI is InChI=1S/C7H15N.C2H6/c1-4-6-7-8(3)5-2;1-2/h4H,1,5-7H2,2-3H3;1-2H3. The van der Waals surface area contributed by atoms with E-state index in [1.54, 1.807) is 0 Å². The van der Waals surface area contributed by atoms with Crippen molar-refractivity contribution in [3.8, 4) is 0 Å². The zero-order chi connectivity index (χ0) is 8.41. The van der Waals surface area contributed by atoms with Gasteiger partial charge in [-0.1, -0.05) is 26.8 Å². The Bertz CT molecular complexity index is 59.7. The van der Waals surface area contributed by atoms with Crippen LogP contribution in [0.5, 0.6) is 0 Å². The average molecular weight is 143 g/mol. The van der Waals surface area contributed by atoms with Crippen molar-refractivity contribution in [2.24, 2.45) is 0 Å². The fraction of sp³-hybridized carbons (Fsp3) is 0.778. The van der Waals surface area contributed by atoms with Gasteiger partial charge in [0.25, 0.3) is 0 Å². The molecular weight excluding hydrogens is 122 g/mol. The van der Waals surface area contributed by atoms with E-state index in [2.05, 4.69) is 25.5 Å². The van der Waals surface area contributed by atoms with E-state index in [9.17, 15) is 0 Å². The SMILES string of the molecule is C=CCCN(C)CC.CC. The number of nitrogens with zero attached hydrogens (tertiary/aromatic N) is 1. The smallest absolute Gasteiger partial charge is 0.00126 e. The molecule has 0 aromatic heterocycles. The number of rotatable bonds is 4. The number of hydrogen-bond donors (Lipinski definition) is 0. The third-order valence-corrected chi connectivity index (χ3v) is 1.25. The summed E-state index contributed by atoms with van der Waals surface area (Å²) in [4.78, 5) is 2.27. The normalized spacial score (nSPS) is 8.50. The van der Waals surface area contributed by atoms with Crippen LogP contribution < -0.4 is 0 Å². The van der Waals surface area contributed by atoms with E-state index in [4.69, 9.17) is 0 Å². The minimum atomic E-state index is 1.10. The molecule has 0 saturated heterocycles. The van der Waals surface area contributed by atoms with Crippen LogP contribution in [0.1, 0.15) is 27.2 Å². The molecule has 0 unspecified atom stereocenters. The van der Waals surface area contributed by atoms with E-state index in [0.29, 0.717) is 0 Å². The van der Waals surface area contributed by atoms with Crippen LogP contribution in [-0.4, -0.2) is 25.0 Å². The lowest BCUT2D eigenvalue weighted by molar-refractivity contribution is 0.360. The highest BCUT2D eigenvalue weighted by Gasteiger charge is 1.87. The molecule has 0 aromatic rings. The second-order valence-corrected chi connectivity index (χ2v) is 1.97. The van der Waals surface area contributed by atoms with Crippen LogP contribution in [0, 0.1) is 0 Å².